The molecule has 3 fully saturated rings. The zero-order valence-electron chi connectivity index (χ0n) is 25.4. The van der Waals surface area contributed by atoms with Crippen LogP contribution in [0.25, 0.3) is 21.3 Å². The second kappa shape index (κ2) is 13.4. The van der Waals surface area contributed by atoms with Gasteiger partial charge in [-0.3, -0.25) is 14.5 Å². The van der Waals surface area contributed by atoms with Crippen molar-refractivity contribution in [3.63, 3.8) is 0 Å². The number of rotatable bonds is 10. The van der Waals surface area contributed by atoms with Crippen LogP contribution in [0, 0.1) is 5.92 Å². The van der Waals surface area contributed by atoms with Crippen LogP contribution < -0.4 is 10.1 Å². The molecule has 2 amide bonds. The van der Waals surface area contributed by atoms with Gasteiger partial charge in [0.2, 0.25) is 11.8 Å². The largest absolute Gasteiger partial charge is 0.495 e. The molecular weight excluding hydrogens is 584 g/mol. The van der Waals surface area contributed by atoms with E-state index in [1.165, 1.54) is 18.4 Å². The van der Waals surface area contributed by atoms with Crippen molar-refractivity contribution in [3.05, 3.63) is 30.4 Å². The summed E-state index contributed by atoms with van der Waals surface area (Å²) in [6.07, 6.45) is 7.10. The Kier molecular flexibility index (Phi) is 9.38. The van der Waals surface area contributed by atoms with Gasteiger partial charge in [-0.15, -0.1) is 0 Å². The minimum absolute atomic E-state index is 0.0163. The zero-order valence-corrected chi connectivity index (χ0v) is 26.2. The number of nitrogens with zero attached hydrogens (tertiary/aromatic N) is 5. The van der Waals surface area contributed by atoms with Gasteiger partial charge in [0.15, 0.2) is 11.0 Å². The lowest BCUT2D eigenvalue weighted by atomic mass is 9.78. The highest BCUT2D eigenvalue weighted by atomic mass is 32.1. The number of aliphatic hydroxyl groups is 1. The van der Waals surface area contributed by atoms with E-state index < -0.39 is 6.10 Å². The Labute approximate surface area is 260 Å². The minimum atomic E-state index is -0.416. The SMILES string of the molecule is COCC(=O)N1CCN([C@H]2C[C@@H](C(=O)Nc3nc4ccc(-c5cnc(CO[C@H]6CCC[C@@H]6O)nc5)c(OC)c4s3)C2)[C@@H](C)C1. The number of hydrogen-bond donors (Lipinski definition) is 2. The van der Waals surface area contributed by atoms with E-state index in [9.17, 15) is 14.7 Å². The van der Waals surface area contributed by atoms with Crippen LogP contribution in [-0.2, 0) is 25.7 Å². The standard InChI is InChI=1S/C31H40N6O6S/c1-18-15-36(27(39)17-41-2)9-10-37(18)21-11-19(12-21)30(40)35-31-34-23-8-7-22(28(42-3)29(23)44-31)20-13-32-26(33-14-20)16-43-25-6-4-5-24(25)38/h7-8,13-14,18-19,21,24-25,38H,4-6,9-12,15-17H2,1-3H3,(H,34,35,40)/t18-,19-,21+,24-,25-/m0/s1. The monoisotopic (exact) mass is 624 g/mol. The number of amides is 2. The van der Waals surface area contributed by atoms with E-state index in [4.69, 9.17) is 14.2 Å². The van der Waals surface area contributed by atoms with Crippen LogP contribution >= 0.6 is 11.3 Å². The quantitative estimate of drug-likeness (QED) is 0.346. The van der Waals surface area contributed by atoms with Crippen LogP contribution in [0.2, 0.25) is 0 Å². The first kappa shape index (κ1) is 30.8. The smallest absolute Gasteiger partial charge is 0.248 e. The molecule has 2 N–H and O–H groups in total. The molecule has 2 saturated carbocycles. The Hall–Kier alpha value is -3.23. The summed E-state index contributed by atoms with van der Waals surface area (Å²) >= 11 is 1.39. The van der Waals surface area contributed by atoms with Gasteiger partial charge in [-0.25, -0.2) is 15.0 Å². The lowest BCUT2D eigenvalue weighted by Gasteiger charge is -2.49. The van der Waals surface area contributed by atoms with Crippen molar-refractivity contribution in [2.24, 2.45) is 5.92 Å². The fourth-order valence-corrected chi connectivity index (χ4v) is 7.53. The molecule has 3 heterocycles. The van der Waals surface area contributed by atoms with Crippen LogP contribution in [-0.4, -0.2) is 106 Å². The van der Waals surface area contributed by atoms with Gasteiger partial charge in [-0.05, 0) is 51.2 Å². The first-order valence-corrected chi connectivity index (χ1v) is 16.1. The maximum Gasteiger partial charge on any atom is 0.248 e. The maximum atomic E-state index is 13.1. The van der Waals surface area contributed by atoms with Crippen LogP contribution in [0.3, 0.4) is 0 Å². The summed E-state index contributed by atoms with van der Waals surface area (Å²) in [7, 11) is 3.16. The molecule has 236 valence electrons. The number of hydrogen-bond acceptors (Lipinski definition) is 11. The summed E-state index contributed by atoms with van der Waals surface area (Å²) in [5.74, 6) is 1.15. The van der Waals surface area contributed by atoms with Gasteiger partial charge in [0.1, 0.15) is 19.0 Å². The molecule has 3 aliphatic rings. The number of aliphatic hydroxyl groups excluding tert-OH is 1. The summed E-state index contributed by atoms with van der Waals surface area (Å²) in [6.45, 7) is 4.68. The predicted octanol–water partition coefficient (Wildman–Crippen LogP) is 3.09. The summed E-state index contributed by atoms with van der Waals surface area (Å²) in [4.78, 5) is 43.2. The molecule has 6 rings (SSSR count). The lowest BCUT2D eigenvalue weighted by molar-refractivity contribution is -0.139. The van der Waals surface area contributed by atoms with Crippen molar-refractivity contribution in [1.29, 1.82) is 0 Å². The minimum Gasteiger partial charge on any atom is -0.495 e. The summed E-state index contributed by atoms with van der Waals surface area (Å²) in [5.41, 5.74) is 2.37. The maximum absolute atomic E-state index is 13.1. The summed E-state index contributed by atoms with van der Waals surface area (Å²) < 4.78 is 17.5. The molecule has 0 radical (unpaired) electrons. The molecule has 2 aliphatic carbocycles. The molecule has 0 bridgehead atoms. The second-order valence-corrected chi connectivity index (χ2v) is 12.9. The fourth-order valence-electron chi connectivity index (χ4n) is 6.54. The first-order chi connectivity index (χ1) is 21.3. The summed E-state index contributed by atoms with van der Waals surface area (Å²) in [5, 5.41) is 13.6. The normalized spacial score (nSPS) is 25.6. The van der Waals surface area contributed by atoms with Crippen LogP contribution in [0.1, 0.15) is 44.9 Å². The Morgan fingerprint density at radius 2 is 1.93 bits per heavy atom. The molecular formula is C31H40N6O6S. The molecule has 13 heteroatoms. The lowest BCUT2D eigenvalue weighted by Crippen LogP contribution is -2.60. The van der Waals surface area contributed by atoms with E-state index in [0.717, 1.165) is 60.0 Å². The van der Waals surface area contributed by atoms with Crippen molar-refractivity contribution in [3.8, 4) is 16.9 Å². The number of methoxy groups -OCH3 is 2. The van der Waals surface area contributed by atoms with E-state index in [1.807, 2.05) is 17.0 Å². The number of benzene rings is 1. The highest BCUT2D eigenvalue weighted by Gasteiger charge is 2.41. The number of carbonyl (C=O) groups excluding carboxylic acids is 2. The Balaban J connectivity index is 1.05. The van der Waals surface area contributed by atoms with Gasteiger partial charge < -0.3 is 29.5 Å². The molecule has 44 heavy (non-hydrogen) atoms. The predicted molar refractivity (Wildman–Crippen MR) is 165 cm³/mol. The van der Waals surface area contributed by atoms with E-state index in [0.29, 0.717) is 35.8 Å². The number of fused-ring (bicyclic) bond motifs is 1. The van der Waals surface area contributed by atoms with Gasteiger partial charge in [0, 0.05) is 68.3 Å². The van der Waals surface area contributed by atoms with Gasteiger partial charge >= 0.3 is 0 Å². The highest BCUT2D eigenvalue weighted by molar-refractivity contribution is 7.22. The van der Waals surface area contributed by atoms with Gasteiger partial charge in [-0.1, -0.05) is 11.3 Å². The number of anilines is 1. The van der Waals surface area contributed by atoms with Gasteiger partial charge in [0.05, 0.1) is 29.5 Å². The average molecular weight is 625 g/mol. The van der Waals surface area contributed by atoms with Crippen molar-refractivity contribution in [1.82, 2.24) is 24.8 Å². The third kappa shape index (κ3) is 6.43. The first-order valence-electron chi connectivity index (χ1n) is 15.3. The Morgan fingerprint density at radius 1 is 1.14 bits per heavy atom. The Bertz CT molecular complexity index is 1480. The molecule has 3 aromatic rings. The third-order valence-corrected chi connectivity index (χ3v) is 10.0. The molecule has 1 aromatic carbocycles. The molecule has 0 unspecified atom stereocenters. The number of aromatic nitrogens is 3. The highest BCUT2D eigenvalue weighted by Crippen LogP contribution is 2.41. The van der Waals surface area contributed by atoms with E-state index >= 15 is 0 Å². The van der Waals surface area contributed by atoms with Crippen molar-refractivity contribution in [2.45, 2.75) is 69.9 Å². The van der Waals surface area contributed by atoms with Crippen molar-refractivity contribution in [2.75, 3.05) is 45.8 Å². The molecule has 2 aromatic heterocycles. The molecule has 1 aliphatic heterocycles. The van der Waals surface area contributed by atoms with E-state index in [2.05, 4.69) is 32.1 Å². The average Bonchev–Trinajstić information content (AvgIpc) is 3.60. The van der Waals surface area contributed by atoms with Crippen molar-refractivity contribution < 1.29 is 28.9 Å². The Morgan fingerprint density at radius 3 is 2.61 bits per heavy atom. The van der Waals surface area contributed by atoms with Crippen LogP contribution in [0.4, 0.5) is 5.13 Å². The van der Waals surface area contributed by atoms with Gasteiger partial charge in [0.25, 0.3) is 0 Å². The molecule has 3 atom stereocenters. The number of piperazine rings is 1. The molecule has 12 nitrogen and oxygen atoms in total. The number of carbonyl (C=O) groups is 2. The fraction of sp³-hybridized carbons (Fsp3) is 0.581. The number of thiazole rings is 1. The zero-order chi connectivity index (χ0) is 30.8. The topological polar surface area (TPSA) is 139 Å². The number of ether oxygens (including phenoxy) is 3. The summed E-state index contributed by atoms with van der Waals surface area (Å²) in [6, 6.07) is 4.42. The molecule has 0 spiro atoms. The molecule has 1 saturated heterocycles. The van der Waals surface area contributed by atoms with Crippen molar-refractivity contribution >= 4 is 38.5 Å². The second-order valence-electron chi connectivity index (χ2n) is 11.9. The van der Waals surface area contributed by atoms with Crippen LogP contribution in [0.5, 0.6) is 5.75 Å². The van der Waals surface area contributed by atoms with E-state index in [-0.39, 0.29) is 43.1 Å². The van der Waals surface area contributed by atoms with E-state index in [1.54, 1.807) is 19.5 Å². The van der Waals surface area contributed by atoms with Crippen LogP contribution in [0.15, 0.2) is 24.5 Å². The third-order valence-electron chi connectivity index (χ3n) is 9.06. The van der Waals surface area contributed by atoms with Gasteiger partial charge in [-0.2, -0.15) is 0 Å². The number of nitrogens with one attached hydrogen (secondary N) is 1.